The highest BCUT2D eigenvalue weighted by molar-refractivity contribution is 7.32. The molecular weight excluding hydrogens is 234 g/mol. The van der Waals surface area contributed by atoms with Crippen LogP contribution in [-0.4, -0.2) is 35.2 Å². The van der Waals surface area contributed by atoms with Gasteiger partial charge in [0.2, 0.25) is 0 Å². The smallest absolute Gasteiger partial charge is 0.373 e. The second-order valence-electron chi connectivity index (χ2n) is 2.61. The SMILES string of the molecule is O=[P+](O)OCC1OCCC1O[P+](=O)O. The van der Waals surface area contributed by atoms with E-state index in [-0.39, 0.29) is 6.61 Å². The minimum absolute atomic E-state index is 0.125. The molecule has 0 spiro atoms. The molecule has 4 unspecified atom stereocenters. The second kappa shape index (κ2) is 5.78. The van der Waals surface area contributed by atoms with Crippen LogP contribution in [0.5, 0.6) is 0 Å². The minimum atomic E-state index is -2.69. The lowest BCUT2D eigenvalue weighted by atomic mass is 10.2. The topological polar surface area (TPSA) is 102 Å². The number of hydrogen-bond acceptors (Lipinski definition) is 5. The van der Waals surface area contributed by atoms with E-state index in [0.29, 0.717) is 13.0 Å². The predicted molar refractivity (Wildman–Crippen MR) is 44.8 cm³/mol. The van der Waals surface area contributed by atoms with Gasteiger partial charge in [-0.3, -0.25) is 0 Å². The molecule has 1 saturated heterocycles. The zero-order valence-corrected chi connectivity index (χ0v) is 8.89. The van der Waals surface area contributed by atoms with Crippen LogP contribution in [0.4, 0.5) is 0 Å². The summed E-state index contributed by atoms with van der Waals surface area (Å²) >= 11 is 0. The lowest BCUT2D eigenvalue weighted by molar-refractivity contribution is 0.0186. The van der Waals surface area contributed by atoms with Gasteiger partial charge in [0.15, 0.2) is 0 Å². The zero-order chi connectivity index (χ0) is 10.6. The predicted octanol–water partition coefficient (Wildman–Crippen LogP) is 0.476. The van der Waals surface area contributed by atoms with Crippen LogP contribution in [0.15, 0.2) is 0 Å². The van der Waals surface area contributed by atoms with Crippen molar-refractivity contribution in [2.75, 3.05) is 13.2 Å². The van der Waals surface area contributed by atoms with Crippen molar-refractivity contribution in [1.82, 2.24) is 0 Å². The van der Waals surface area contributed by atoms with Gasteiger partial charge < -0.3 is 4.74 Å². The molecule has 4 atom stereocenters. The highest BCUT2D eigenvalue weighted by atomic mass is 31.1. The summed E-state index contributed by atoms with van der Waals surface area (Å²) in [5.74, 6) is 0. The summed E-state index contributed by atoms with van der Waals surface area (Å²) in [6.45, 7) is 0.254. The van der Waals surface area contributed by atoms with Crippen LogP contribution in [-0.2, 0) is 22.9 Å². The normalized spacial score (nSPS) is 29.0. The van der Waals surface area contributed by atoms with Gasteiger partial charge in [-0.05, 0) is 0 Å². The monoisotopic (exact) mass is 244 g/mol. The molecule has 9 heteroatoms. The molecule has 14 heavy (non-hydrogen) atoms. The quantitative estimate of drug-likeness (QED) is 0.677. The fourth-order valence-electron chi connectivity index (χ4n) is 1.16. The summed E-state index contributed by atoms with van der Waals surface area (Å²) in [4.78, 5) is 16.9. The number of ether oxygens (including phenoxy) is 1. The first kappa shape index (κ1) is 12.1. The van der Waals surface area contributed by atoms with Crippen LogP contribution in [0.3, 0.4) is 0 Å². The molecule has 0 bridgehead atoms. The van der Waals surface area contributed by atoms with Crippen molar-refractivity contribution in [2.45, 2.75) is 18.6 Å². The Balaban J connectivity index is 2.35. The van der Waals surface area contributed by atoms with Crippen molar-refractivity contribution in [2.24, 2.45) is 0 Å². The van der Waals surface area contributed by atoms with Gasteiger partial charge in [-0.25, -0.2) is 0 Å². The van der Waals surface area contributed by atoms with E-state index in [0.717, 1.165) is 0 Å². The fraction of sp³-hybridized carbons (Fsp3) is 1.00. The summed E-state index contributed by atoms with van der Waals surface area (Å²) < 4.78 is 34.7. The molecule has 0 aliphatic carbocycles. The van der Waals surface area contributed by atoms with Crippen molar-refractivity contribution < 1.29 is 32.7 Å². The van der Waals surface area contributed by atoms with Gasteiger partial charge in [0.25, 0.3) is 0 Å². The molecule has 1 aliphatic heterocycles. The summed E-state index contributed by atoms with van der Waals surface area (Å²) in [5.41, 5.74) is 0. The molecule has 1 rings (SSSR count). The van der Waals surface area contributed by atoms with Crippen molar-refractivity contribution in [3.8, 4) is 0 Å². The lowest BCUT2D eigenvalue weighted by Gasteiger charge is -2.08. The van der Waals surface area contributed by atoms with Gasteiger partial charge in [-0.2, -0.15) is 0 Å². The van der Waals surface area contributed by atoms with E-state index in [1.54, 1.807) is 0 Å². The van der Waals surface area contributed by atoms with Crippen molar-refractivity contribution in [1.29, 1.82) is 0 Å². The molecule has 1 fully saturated rings. The maximum absolute atomic E-state index is 10.4. The van der Waals surface area contributed by atoms with E-state index in [2.05, 4.69) is 9.05 Å². The average Bonchev–Trinajstić information content (AvgIpc) is 2.47. The van der Waals surface area contributed by atoms with E-state index in [9.17, 15) is 9.13 Å². The average molecular weight is 244 g/mol. The number of rotatable bonds is 5. The van der Waals surface area contributed by atoms with Crippen molar-refractivity contribution in [3.63, 3.8) is 0 Å². The first-order valence-corrected chi connectivity index (χ1v) is 6.09. The van der Waals surface area contributed by atoms with Crippen molar-refractivity contribution >= 4 is 16.5 Å². The Kier molecular flexibility index (Phi) is 4.98. The molecule has 0 aromatic heterocycles. The molecule has 80 valence electrons. The third-order valence-electron chi connectivity index (χ3n) is 1.72. The van der Waals surface area contributed by atoms with E-state index >= 15 is 0 Å². The van der Waals surface area contributed by atoms with Gasteiger partial charge in [-0.15, -0.1) is 18.8 Å². The lowest BCUT2D eigenvalue weighted by Crippen LogP contribution is -2.26. The third-order valence-corrected chi connectivity index (χ3v) is 2.54. The van der Waals surface area contributed by atoms with E-state index < -0.39 is 28.7 Å². The van der Waals surface area contributed by atoms with E-state index in [1.807, 2.05) is 0 Å². The maximum Gasteiger partial charge on any atom is 0.695 e. The van der Waals surface area contributed by atoms with Crippen LogP contribution in [0.25, 0.3) is 0 Å². The standard InChI is InChI=1S/C5H8O7P2/c6-13(7)11-3-5-4(1-2-10-5)12-14(8)9/h4-5H,1-3H2/p+2. The van der Waals surface area contributed by atoms with Crippen LogP contribution in [0.1, 0.15) is 6.42 Å². The number of hydrogen-bond donors (Lipinski definition) is 2. The molecule has 7 nitrogen and oxygen atoms in total. The summed E-state index contributed by atoms with van der Waals surface area (Å²) in [5, 5.41) is 0. The fourth-order valence-corrected chi connectivity index (χ4v) is 1.91. The second-order valence-corrected chi connectivity index (χ2v) is 4.03. The molecule has 0 aromatic carbocycles. The third kappa shape index (κ3) is 4.02. The largest absolute Gasteiger partial charge is 0.695 e. The molecule has 0 saturated carbocycles. The molecule has 2 N–H and O–H groups in total. The van der Waals surface area contributed by atoms with Gasteiger partial charge in [0.1, 0.15) is 18.8 Å². The summed E-state index contributed by atoms with van der Waals surface area (Å²) in [7, 11) is -5.36. The zero-order valence-electron chi connectivity index (χ0n) is 7.11. The molecule has 0 aromatic rings. The Hall–Kier alpha value is -0.0000000000000000486. The molecule has 1 heterocycles. The summed E-state index contributed by atoms with van der Waals surface area (Å²) in [6.07, 6.45) is -0.650. The summed E-state index contributed by atoms with van der Waals surface area (Å²) in [6, 6.07) is 0. The van der Waals surface area contributed by atoms with Crippen LogP contribution in [0.2, 0.25) is 0 Å². The highest BCUT2D eigenvalue weighted by Crippen LogP contribution is 2.28. The molecule has 1 aliphatic rings. The first-order chi connectivity index (χ1) is 6.59. The Morgan fingerprint density at radius 1 is 1.36 bits per heavy atom. The Bertz CT molecular complexity index is 232. The van der Waals surface area contributed by atoms with Crippen molar-refractivity contribution in [3.05, 3.63) is 0 Å². The first-order valence-electron chi connectivity index (χ1n) is 3.83. The molecular formula is C5H10O7P2+2. The molecule has 0 amide bonds. The maximum atomic E-state index is 10.4. The Morgan fingerprint density at radius 2 is 2.07 bits per heavy atom. The van der Waals surface area contributed by atoms with Gasteiger partial charge in [0, 0.05) is 22.2 Å². The van der Waals surface area contributed by atoms with Crippen LogP contribution >= 0.6 is 16.5 Å². The van der Waals surface area contributed by atoms with E-state index in [1.165, 1.54) is 0 Å². The van der Waals surface area contributed by atoms with Gasteiger partial charge >= 0.3 is 16.5 Å². The van der Waals surface area contributed by atoms with Gasteiger partial charge in [-0.1, -0.05) is 0 Å². The van der Waals surface area contributed by atoms with Crippen LogP contribution < -0.4 is 0 Å². The highest BCUT2D eigenvalue weighted by Gasteiger charge is 2.38. The Labute approximate surface area is 81.9 Å². The van der Waals surface area contributed by atoms with E-state index in [4.69, 9.17) is 14.5 Å². The molecule has 0 radical (unpaired) electrons. The Morgan fingerprint density at radius 3 is 2.64 bits per heavy atom. The van der Waals surface area contributed by atoms with Crippen LogP contribution in [0, 0.1) is 0 Å². The van der Waals surface area contributed by atoms with Gasteiger partial charge in [0.05, 0.1) is 0 Å². The minimum Gasteiger partial charge on any atom is -0.373 e.